The van der Waals surface area contributed by atoms with E-state index in [2.05, 4.69) is 5.32 Å². The van der Waals surface area contributed by atoms with Crippen molar-refractivity contribution in [3.63, 3.8) is 0 Å². The van der Waals surface area contributed by atoms with Crippen LogP contribution < -0.4 is 5.32 Å². The van der Waals surface area contributed by atoms with Crippen molar-refractivity contribution in [2.75, 3.05) is 0 Å². The van der Waals surface area contributed by atoms with Gasteiger partial charge in [0.2, 0.25) is 0 Å². The summed E-state index contributed by atoms with van der Waals surface area (Å²) < 4.78 is 5.37. The molecule has 186 valence electrons. The number of alkyl carbamates (subject to hydrolysis) is 1. The zero-order chi connectivity index (χ0) is 25.3. The van der Waals surface area contributed by atoms with Gasteiger partial charge in [-0.25, -0.2) is 4.79 Å². The normalized spacial score (nSPS) is 24.5. The number of ether oxygens (including phenoxy) is 1. The summed E-state index contributed by atoms with van der Waals surface area (Å²) in [6, 6.07) is 13.1. The molecule has 2 amide bonds. The van der Waals surface area contributed by atoms with Crippen LogP contribution in [0.25, 0.3) is 0 Å². The van der Waals surface area contributed by atoms with Crippen molar-refractivity contribution < 1.29 is 24.2 Å². The van der Waals surface area contributed by atoms with Crippen LogP contribution >= 0.6 is 11.6 Å². The molecule has 1 aliphatic heterocycles. The number of carboxylic acid groups (broad SMARTS) is 1. The van der Waals surface area contributed by atoms with Gasteiger partial charge in [-0.05, 0) is 75.8 Å². The molecule has 1 saturated carbocycles. The van der Waals surface area contributed by atoms with Crippen LogP contribution in [0.5, 0.6) is 0 Å². The molecule has 0 aromatic heterocycles. The van der Waals surface area contributed by atoms with Crippen LogP contribution in [0.4, 0.5) is 4.79 Å². The van der Waals surface area contributed by atoms with Gasteiger partial charge in [0.25, 0.3) is 5.91 Å². The first-order chi connectivity index (χ1) is 16.5. The lowest BCUT2D eigenvalue weighted by Crippen LogP contribution is -2.52. The van der Waals surface area contributed by atoms with Crippen LogP contribution in [0.3, 0.4) is 0 Å². The Bertz CT molecular complexity index is 1100. The number of nitrogens with zero attached hydrogens (tertiary/aromatic N) is 1. The largest absolute Gasteiger partial charge is 0.481 e. The van der Waals surface area contributed by atoms with Gasteiger partial charge in [-0.1, -0.05) is 41.9 Å². The number of hydrogen-bond acceptors (Lipinski definition) is 4. The first kappa shape index (κ1) is 25.0. The molecule has 1 aliphatic carbocycles. The van der Waals surface area contributed by atoms with Gasteiger partial charge in [-0.2, -0.15) is 0 Å². The Labute approximate surface area is 210 Å². The number of carbonyl (C=O) groups is 3. The summed E-state index contributed by atoms with van der Waals surface area (Å²) in [4.78, 5) is 40.3. The number of amides is 2. The zero-order valence-corrected chi connectivity index (χ0v) is 20.9. The molecule has 2 aromatic rings. The quantitative estimate of drug-likeness (QED) is 0.576. The maximum Gasteiger partial charge on any atom is 0.407 e. The Balaban J connectivity index is 1.62. The summed E-state index contributed by atoms with van der Waals surface area (Å²) in [5.41, 5.74) is 1.12. The Hall–Kier alpha value is -3.06. The number of rotatable bonds is 4. The molecule has 2 aliphatic rings. The smallest absolute Gasteiger partial charge is 0.407 e. The number of hydrogen-bond donors (Lipinski definition) is 2. The summed E-state index contributed by atoms with van der Waals surface area (Å²) in [7, 11) is 0. The molecule has 1 fully saturated rings. The average molecular weight is 499 g/mol. The van der Waals surface area contributed by atoms with Crippen molar-refractivity contribution in [2.45, 2.75) is 76.1 Å². The minimum absolute atomic E-state index is 0.0578. The van der Waals surface area contributed by atoms with E-state index in [0.29, 0.717) is 41.8 Å². The predicted molar refractivity (Wildman–Crippen MR) is 133 cm³/mol. The molecule has 1 heterocycles. The highest BCUT2D eigenvalue weighted by Crippen LogP contribution is 2.45. The lowest BCUT2D eigenvalue weighted by atomic mass is 9.77. The first-order valence-electron chi connectivity index (χ1n) is 11.9. The number of carbonyl (C=O) groups excluding carboxylic acids is 2. The van der Waals surface area contributed by atoms with Crippen molar-refractivity contribution in [2.24, 2.45) is 0 Å². The minimum Gasteiger partial charge on any atom is -0.481 e. The van der Waals surface area contributed by atoms with Crippen LogP contribution in [-0.4, -0.2) is 45.7 Å². The monoisotopic (exact) mass is 498 g/mol. The van der Waals surface area contributed by atoms with Crippen LogP contribution in [0.1, 0.15) is 79.9 Å². The summed E-state index contributed by atoms with van der Waals surface area (Å²) >= 11 is 6.10. The summed E-state index contributed by atoms with van der Waals surface area (Å²) in [5.74, 6) is -2.04. The molecular formula is C27H31ClN2O5. The van der Waals surface area contributed by atoms with E-state index >= 15 is 0 Å². The fraction of sp³-hybridized carbons (Fsp3) is 0.444. The average Bonchev–Trinajstić information content (AvgIpc) is 2.79. The van der Waals surface area contributed by atoms with E-state index in [0.717, 1.165) is 5.56 Å². The zero-order valence-electron chi connectivity index (χ0n) is 20.2. The van der Waals surface area contributed by atoms with E-state index in [-0.39, 0.29) is 18.0 Å². The molecule has 7 nitrogen and oxygen atoms in total. The van der Waals surface area contributed by atoms with Gasteiger partial charge in [-0.15, -0.1) is 0 Å². The molecule has 35 heavy (non-hydrogen) atoms. The molecular weight excluding hydrogens is 468 g/mol. The van der Waals surface area contributed by atoms with E-state index in [1.54, 1.807) is 53.4 Å². The number of nitrogens with one attached hydrogen (secondary N) is 1. The Morgan fingerprint density at radius 2 is 1.66 bits per heavy atom. The van der Waals surface area contributed by atoms with Gasteiger partial charge in [0, 0.05) is 22.7 Å². The van der Waals surface area contributed by atoms with Gasteiger partial charge in [0.15, 0.2) is 0 Å². The van der Waals surface area contributed by atoms with Crippen molar-refractivity contribution in [3.8, 4) is 0 Å². The molecule has 0 bridgehead atoms. The molecule has 2 aromatic carbocycles. The second kappa shape index (κ2) is 9.90. The second-order valence-corrected chi connectivity index (χ2v) is 10.7. The van der Waals surface area contributed by atoms with Crippen molar-refractivity contribution in [1.82, 2.24) is 10.2 Å². The Kier molecular flexibility index (Phi) is 7.08. The molecule has 0 spiro atoms. The molecule has 2 atom stereocenters. The van der Waals surface area contributed by atoms with Gasteiger partial charge in [0.05, 0.1) is 6.04 Å². The Morgan fingerprint density at radius 3 is 2.26 bits per heavy atom. The fourth-order valence-corrected chi connectivity index (χ4v) is 5.33. The lowest BCUT2D eigenvalue weighted by Gasteiger charge is -2.47. The number of benzene rings is 2. The third kappa shape index (κ3) is 5.45. The molecule has 8 heteroatoms. The molecule has 0 saturated heterocycles. The molecule has 2 N–H and O–H groups in total. The third-order valence-corrected chi connectivity index (χ3v) is 6.92. The first-order valence-corrected chi connectivity index (χ1v) is 12.3. The van der Waals surface area contributed by atoms with E-state index in [1.807, 2.05) is 20.8 Å². The topological polar surface area (TPSA) is 95.9 Å². The van der Waals surface area contributed by atoms with Crippen LogP contribution in [0.15, 0.2) is 48.5 Å². The van der Waals surface area contributed by atoms with Crippen molar-refractivity contribution in [1.29, 1.82) is 0 Å². The molecule has 4 rings (SSSR count). The lowest BCUT2D eigenvalue weighted by molar-refractivity contribution is -0.141. The number of fused-ring (bicyclic) bond motifs is 1. The number of aliphatic carboxylic acids is 1. The van der Waals surface area contributed by atoms with Gasteiger partial charge in [-0.3, -0.25) is 9.59 Å². The van der Waals surface area contributed by atoms with Crippen LogP contribution in [-0.2, 0) is 9.53 Å². The van der Waals surface area contributed by atoms with Crippen LogP contribution in [0, 0.1) is 0 Å². The maximum atomic E-state index is 13.8. The summed E-state index contributed by atoms with van der Waals surface area (Å²) in [6.45, 7) is 5.46. The predicted octanol–water partition coefficient (Wildman–Crippen LogP) is 5.54. The fourth-order valence-electron chi connectivity index (χ4n) is 5.21. The van der Waals surface area contributed by atoms with E-state index in [1.165, 1.54) is 0 Å². The standard InChI is InChI=1S/C27H31ClN2O5/c1-27(2,3)35-26(34)29-18-12-14-19(15-13-18)30-23(16-8-10-17(28)11-9-16)22(25(32)33)20-6-4-5-7-21(20)24(30)31/h4-11,18-19,22-23H,12-15H2,1-3H3,(H,29,34)(H,32,33)/t18?,19?,22-,23+/m1/s1. The van der Waals surface area contributed by atoms with Crippen molar-refractivity contribution >= 4 is 29.6 Å². The number of carboxylic acids is 1. The van der Waals surface area contributed by atoms with Gasteiger partial charge < -0.3 is 20.1 Å². The van der Waals surface area contributed by atoms with Crippen LogP contribution in [0.2, 0.25) is 5.02 Å². The summed E-state index contributed by atoms with van der Waals surface area (Å²) in [5, 5.41) is 13.8. The highest BCUT2D eigenvalue weighted by Gasteiger charge is 2.47. The molecule has 0 unspecified atom stereocenters. The highest BCUT2D eigenvalue weighted by molar-refractivity contribution is 6.30. The van der Waals surface area contributed by atoms with E-state index in [9.17, 15) is 19.5 Å². The highest BCUT2D eigenvalue weighted by atomic mass is 35.5. The van der Waals surface area contributed by atoms with E-state index in [4.69, 9.17) is 16.3 Å². The summed E-state index contributed by atoms with van der Waals surface area (Å²) in [6.07, 6.45) is 2.17. The number of halogens is 1. The second-order valence-electron chi connectivity index (χ2n) is 10.3. The maximum absolute atomic E-state index is 13.8. The van der Waals surface area contributed by atoms with E-state index < -0.39 is 29.6 Å². The SMILES string of the molecule is CC(C)(C)OC(=O)NC1CCC(N2C(=O)c3ccccc3[C@@H](C(=O)O)[C@@H]2c2ccc(Cl)cc2)CC1. The van der Waals surface area contributed by atoms with Crippen molar-refractivity contribution in [3.05, 3.63) is 70.2 Å². The van der Waals surface area contributed by atoms with Gasteiger partial charge >= 0.3 is 12.1 Å². The van der Waals surface area contributed by atoms with Gasteiger partial charge in [0.1, 0.15) is 11.5 Å². The molecule has 0 radical (unpaired) electrons. The third-order valence-electron chi connectivity index (χ3n) is 6.66. The Morgan fingerprint density at radius 1 is 1.03 bits per heavy atom. The minimum atomic E-state index is -0.977.